The first-order valence-corrected chi connectivity index (χ1v) is 56.2. The normalized spacial score (nSPS) is 18.0. The van der Waals surface area contributed by atoms with E-state index >= 15 is 0 Å². The Morgan fingerprint density at radius 1 is 0.382 bits per heavy atom. The van der Waals surface area contributed by atoms with Gasteiger partial charge in [-0.25, -0.2) is 0 Å². The molecule has 8 fully saturated rings. The Balaban J connectivity index is 0.000000349. The quantitative estimate of drug-likeness (QED) is 0.0176. The highest BCUT2D eigenvalue weighted by molar-refractivity contribution is 5.92. The zero-order valence-corrected chi connectivity index (χ0v) is 92.9. The monoisotopic (exact) mass is 1970 g/mol. The number of nitrogens with zero attached hydrogens (tertiary/aromatic N) is 6. The number of ether oxygens (including phenoxy) is 1. The van der Waals surface area contributed by atoms with Crippen LogP contribution >= 0.6 is 0 Å². The van der Waals surface area contributed by atoms with E-state index in [-0.39, 0.29) is 29.3 Å². The number of hydrogen-bond donors (Lipinski definition) is 6. The Labute approximate surface area is 875 Å². The van der Waals surface area contributed by atoms with Crippen LogP contribution in [0.3, 0.4) is 0 Å². The summed E-state index contributed by atoms with van der Waals surface area (Å²) in [6.45, 7) is 59.7. The van der Waals surface area contributed by atoms with Crippen LogP contribution in [0.5, 0.6) is 0 Å². The number of piperidine rings is 6. The number of epoxide rings is 1. The van der Waals surface area contributed by atoms with Crippen molar-refractivity contribution >= 4 is 58.8 Å². The van der Waals surface area contributed by atoms with E-state index < -0.39 is 0 Å². The number of nitrogens with two attached hydrogens (primary N) is 1. The minimum Gasteiger partial charge on any atom is -0.392 e. The third-order valence-corrected chi connectivity index (χ3v) is 27.7. The first-order valence-electron chi connectivity index (χ1n) is 56.2. The van der Waals surface area contributed by atoms with Crippen LogP contribution in [0.4, 0.5) is 22.7 Å². The zero-order chi connectivity index (χ0) is 105. The molecule has 792 valence electrons. The lowest BCUT2D eigenvalue weighted by molar-refractivity contribution is -0.128. The molecule has 0 radical (unpaired) electrons. The molecule has 0 bridgehead atoms. The highest BCUT2D eigenvalue weighted by atomic mass is 16.6. The molecule has 2 atom stereocenters. The Morgan fingerprint density at radius 2 is 0.688 bits per heavy atom. The van der Waals surface area contributed by atoms with E-state index in [9.17, 15) is 24.3 Å². The average Bonchev–Trinajstić information content (AvgIpc) is 1.62. The minimum atomic E-state index is -0.315. The summed E-state index contributed by atoms with van der Waals surface area (Å²) in [6, 6.07) is 87.7. The number of ketones is 1. The van der Waals surface area contributed by atoms with Crippen molar-refractivity contribution in [3.05, 3.63) is 311 Å². The number of anilines is 4. The third kappa shape index (κ3) is 42.6. The Bertz CT molecular complexity index is 4750. The first-order chi connectivity index (χ1) is 70.9. The number of benzene rings is 9. The number of β-amino-alcohol motifs (C(OH)–C–C–N with tert-alkyl or cyclic N) is 1. The van der Waals surface area contributed by atoms with Crippen molar-refractivity contribution in [2.75, 3.05) is 133 Å². The van der Waals surface area contributed by atoms with Crippen LogP contribution < -0.4 is 27.2 Å². The Kier molecular flexibility index (Phi) is 65.9. The summed E-state index contributed by atoms with van der Waals surface area (Å²) in [6.07, 6.45) is 27.7. The number of carbonyl (C=O) groups is 4. The molecule has 0 aromatic heterocycles. The number of hydrogen-bond acceptors (Lipinski definition) is 15. The molecule has 3 spiro atoms. The van der Waals surface area contributed by atoms with E-state index in [0.717, 1.165) is 199 Å². The third-order valence-electron chi connectivity index (χ3n) is 27.7. The second-order valence-corrected chi connectivity index (χ2v) is 36.0. The number of Topliss-reactive ketones (excluding diaryl/α,β-unsaturated/α-hetero) is 1. The first kappa shape index (κ1) is 126. The number of rotatable bonds is 16. The van der Waals surface area contributed by atoms with Gasteiger partial charge in [0.25, 0.3) is 0 Å². The predicted octanol–water partition coefficient (Wildman–Crippen LogP) is 28.2. The summed E-state index contributed by atoms with van der Waals surface area (Å²) in [5.74, 6) is 6.95. The molecule has 2 amide bonds. The molecule has 1 saturated carbocycles. The molecule has 10 aliphatic heterocycles. The van der Waals surface area contributed by atoms with Gasteiger partial charge in [-0.05, 0) is 215 Å². The van der Waals surface area contributed by atoms with Gasteiger partial charge in [-0.15, -0.1) is 0 Å². The van der Waals surface area contributed by atoms with Crippen molar-refractivity contribution in [2.45, 2.75) is 296 Å². The summed E-state index contributed by atoms with van der Waals surface area (Å²) in [5, 5.41) is 21.7. The molecule has 17 heteroatoms. The molecule has 144 heavy (non-hydrogen) atoms. The number of aliphatic hydroxyl groups is 1. The maximum Gasteiger partial charge on any atom is 0.246 e. The Hall–Kier alpha value is -10.3. The Morgan fingerprint density at radius 3 is 1.03 bits per heavy atom. The predicted molar refractivity (Wildman–Crippen MR) is 619 cm³/mol. The molecule has 20 rings (SSSR count). The van der Waals surface area contributed by atoms with Gasteiger partial charge in [0, 0.05) is 155 Å². The van der Waals surface area contributed by atoms with E-state index in [0.29, 0.717) is 34.6 Å². The summed E-state index contributed by atoms with van der Waals surface area (Å²) in [7, 11) is 0. The highest BCUT2D eigenvalue weighted by Gasteiger charge is 2.44. The van der Waals surface area contributed by atoms with Crippen molar-refractivity contribution in [3.8, 4) is 0 Å². The van der Waals surface area contributed by atoms with E-state index in [4.69, 9.17) is 10.6 Å². The molecule has 1 aliphatic carbocycles. The molecule has 7 N–H and O–H groups in total. The number of carbonyl (C=O) groups excluding carboxylic acids is 4. The number of para-hydroxylation sites is 4. The topological polar surface area (TPSA) is 195 Å². The van der Waals surface area contributed by atoms with Crippen molar-refractivity contribution in [2.24, 2.45) is 23.6 Å². The summed E-state index contributed by atoms with van der Waals surface area (Å²) >= 11 is 0. The van der Waals surface area contributed by atoms with Crippen LogP contribution in [0.1, 0.15) is 292 Å². The summed E-state index contributed by atoms with van der Waals surface area (Å²) in [5.41, 5.74) is 19.5. The van der Waals surface area contributed by atoms with E-state index in [1.807, 2.05) is 264 Å². The maximum absolute atomic E-state index is 12.5. The molecule has 2 unspecified atom stereocenters. The summed E-state index contributed by atoms with van der Waals surface area (Å²) in [4.78, 5) is 59.9. The van der Waals surface area contributed by atoms with Crippen LogP contribution in [0.15, 0.2) is 267 Å². The highest BCUT2D eigenvalue weighted by Crippen LogP contribution is 2.48. The molecule has 9 aromatic carbocycles. The van der Waals surface area contributed by atoms with Gasteiger partial charge in [0.05, 0.1) is 18.8 Å². The van der Waals surface area contributed by atoms with Gasteiger partial charge in [0.1, 0.15) is 12.1 Å². The minimum absolute atomic E-state index is 0.0681. The van der Waals surface area contributed by atoms with Crippen molar-refractivity contribution in [3.63, 3.8) is 0 Å². The van der Waals surface area contributed by atoms with Crippen molar-refractivity contribution in [1.82, 2.24) is 29.4 Å². The fourth-order valence-corrected chi connectivity index (χ4v) is 19.9. The van der Waals surface area contributed by atoms with Gasteiger partial charge in [0.2, 0.25) is 11.8 Å². The van der Waals surface area contributed by atoms with Crippen LogP contribution in [0.2, 0.25) is 0 Å². The van der Waals surface area contributed by atoms with Crippen LogP contribution in [0, 0.1) is 17.8 Å². The molecule has 10 heterocycles. The number of nitrogens with one attached hydrogen (secondary N) is 4. The van der Waals surface area contributed by atoms with Crippen LogP contribution in [-0.2, 0) is 59.8 Å². The second-order valence-electron chi connectivity index (χ2n) is 36.0. The number of aliphatic hydroxyl groups excluding tert-OH is 1. The lowest BCUT2D eigenvalue weighted by atomic mass is 9.71. The van der Waals surface area contributed by atoms with Gasteiger partial charge in [-0.2, -0.15) is 0 Å². The van der Waals surface area contributed by atoms with Gasteiger partial charge in [-0.3, -0.25) is 34.9 Å². The van der Waals surface area contributed by atoms with E-state index in [1.54, 1.807) is 23.3 Å². The number of fused-ring (bicyclic) bond motifs is 6. The van der Waals surface area contributed by atoms with Crippen molar-refractivity contribution in [1.29, 1.82) is 0 Å². The van der Waals surface area contributed by atoms with Gasteiger partial charge < -0.3 is 50.7 Å². The fraction of sp³-hybridized carbons (Fsp3) is 0.512. The molecule has 7 saturated heterocycles. The number of nitrogen functional groups attached to an aromatic ring is 1. The molecule has 17 nitrogen and oxygen atoms in total. The second kappa shape index (κ2) is 75.4. The molecule has 11 aliphatic rings. The van der Waals surface area contributed by atoms with E-state index in [2.05, 4.69) is 193 Å². The number of aldehydes is 1. The summed E-state index contributed by atoms with van der Waals surface area (Å²) < 4.78 is 5.33. The van der Waals surface area contributed by atoms with Gasteiger partial charge >= 0.3 is 0 Å². The largest absolute Gasteiger partial charge is 0.392 e. The number of amides is 2. The standard InChI is InChI=1S/C28H35N3O2.C19H22N2.C16H19NO2.C13H17NO.C13H17N.C12H15NO.C6H8N2.10C2H6/c32-26(20-30-18-14-28(15-19-30)21-29-25-9-5-4-8-24(25)28)23-12-16-31(17-13-23)27(33)11-10-22-6-2-1-3-7-22;1-2-6-16(7-3-1)14-21-12-10-19(11-13-21)15-20-18-9-5-4-8-17(18)19;18-16(7-6-13-4-2-1-3-5-13)17-10-8-14(9-11-17)15-12-19-15;15-11-13-6-8-14(9-7-13)10-12-4-2-1-3-5-12;1-4-8-13(9-5-1)10-14-12-7-3-2-6-11(12)13;14-12-6-8-13(9-7-12)10-11-4-2-1-3-5-11;7-8-6-4-2-1-3-5-6;10*1-2/h1-11,23,26,29,32H,12-21H2;1-9,20H,10-15H2;1-7,14-15H,8-12H2;1-5,11,13H,6-10H2;2-3,6-7,14H,1,4-5,8-10H2;1-5H,6-10H2;1-5,8H,7H2;10*1-2H3/b11-10+;;7-6+;;;;;;;;;;;;;;. The lowest BCUT2D eigenvalue weighted by Gasteiger charge is -2.41. The molecule has 9 aromatic rings. The zero-order valence-electron chi connectivity index (χ0n) is 92.9. The maximum atomic E-state index is 12.5. The SMILES string of the molecule is CC.CC.CC.CC.CC.CC.CC.CC.CC.CC.NNc1ccccc1.O=C(/C=C/c1ccccc1)N1CCC(C(O)CN2CCC3(CC2)CNc2ccccc23)CC1.O=C(/C=C/c1ccccc1)N1CCC(C2CO2)CC1.O=C1CCN(Cc2ccccc2)CC1.O=CC1CCN(Cc2ccccc2)CC1.c1ccc(CN2CCC3(CC2)CNc2ccccc23)cc1.c1ccc2c(c1)NCC21CCCCC1. The smallest absolute Gasteiger partial charge is 0.246 e. The molecular weight excluding hydrogens is 1780 g/mol. The lowest BCUT2D eigenvalue weighted by Crippen LogP contribution is -2.48. The molecular formula is C127H193N11O6. The van der Waals surface area contributed by atoms with Gasteiger partial charge in [-0.1, -0.05) is 382 Å². The van der Waals surface area contributed by atoms with Crippen molar-refractivity contribution < 1.29 is 29.0 Å². The number of likely N-dealkylation sites (tertiary alicyclic amines) is 6. The number of hydrazine groups is 1. The average molecular weight is 1970 g/mol. The van der Waals surface area contributed by atoms with Gasteiger partial charge in [0.15, 0.2) is 0 Å². The fourth-order valence-electron chi connectivity index (χ4n) is 19.9. The van der Waals surface area contributed by atoms with Crippen LogP contribution in [-0.4, -0.2) is 182 Å². The van der Waals surface area contributed by atoms with E-state index in [1.165, 1.54) is 104 Å². The van der Waals surface area contributed by atoms with Crippen LogP contribution in [0.25, 0.3) is 12.2 Å².